The summed E-state index contributed by atoms with van der Waals surface area (Å²) < 4.78 is 26.2. The lowest BCUT2D eigenvalue weighted by molar-refractivity contribution is -0.0483. The molecule has 0 saturated heterocycles. The van der Waals surface area contributed by atoms with E-state index in [0.717, 1.165) is 5.56 Å². The molecule has 1 nitrogen and oxygen atoms in total. The normalized spacial score (nSPS) is 21.8. The maximum absolute atomic E-state index is 13.1. The number of hydrogen-bond acceptors (Lipinski definition) is 1. The molecule has 0 radical (unpaired) electrons. The number of rotatable bonds is 2. The molecular formula is C13H15Cl2F2N. The topological polar surface area (TPSA) is 26.0 Å². The second-order valence-corrected chi connectivity index (χ2v) is 5.73. The van der Waals surface area contributed by atoms with E-state index >= 15 is 0 Å². The van der Waals surface area contributed by atoms with Crippen LogP contribution in [-0.4, -0.2) is 5.92 Å². The highest BCUT2D eigenvalue weighted by Gasteiger charge is 2.37. The van der Waals surface area contributed by atoms with Crippen LogP contribution in [0, 0.1) is 5.92 Å². The summed E-state index contributed by atoms with van der Waals surface area (Å²) in [6.07, 6.45) is 0.668. The summed E-state index contributed by atoms with van der Waals surface area (Å²) in [7, 11) is 0. The van der Waals surface area contributed by atoms with Crippen LogP contribution >= 0.6 is 23.2 Å². The highest BCUT2D eigenvalue weighted by molar-refractivity contribution is 6.33. The van der Waals surface area contributed by atoms with Crippen molar-refractivity contribution in [3.63, 3.8) is 0 Å². The van der Waals surface area contributed by atoms with Crippen LogP contribution in [0.2, 0.25) is 10.0 Å². The zero-order chi connectivity index (χ0) is 13.3. The van der Waals surface area contributed by atoms with E-state index in [0.29, 0.717) is 22.9 Å². The van der Waals surface area contributed by atoms with Gasteiger partial charge < -0.3 is 5.73 Å². The number of benzene rings is 1. The molecule has 18 heavy (non-hydrogen) atoms. The molecule has 0 aliphatic heterocycles. The van der Waals surface area contributed by atoms with Gasteiger partial charge in [-0.15, -0.1) is 0 Å². The van der Waals surface area contributed by atoms with Crippen LogP contribution < -0.4 is 5.73 Å². The Labute approximate surface area is 115 Å². The molecule has 100 valence electrons. The molecule has 0 heterocycles. The van der Waals surface area contributed by atoms with Gasteiger partial charge in [0.25, 0.3) is 0 Å². The Morgan fingerprint density at radius 1 is 1.22 bits per heavy atom. The third-order valence-electron chi connectivity index (χ3n) is 3.59. The van der Waals surface area contributed by atoms with Crippen molar-refractivity contribution in [3.05, 3.63) is 33.8 Å². The average Bonchev–Trinajstić information content (AvgIpc) is 2.31. The molecule has 1 aromatic carbocycles. The molecule has 1 fully saturated rings. The van der Waals surface area contributed by atoms with Crippen LogP contribution in [0.5, 0.6) is 0 Å². The fourth-order valence-electron chi connectivity index (χ4n) is 2.45. The van der Waals surface area contributed by atoms with Crippen LogP contribution in [0.25, 0.3) is 0 Å². The Kier molecular flexibility index (Phi) is 4.15. The Morgan fingerprint density at radius 2 is 1.83 bits per heavy atom. The third-order valence-corrected chi connectivity index (χ3v) is 4.17. The first-order chi connectivity index (χ1) is 8.39. The highest BCUT2D eigenvalue weighted by atomic mass is 35.5. The standard InChI is InChI=1S/C13H15Cl2F2N/c14-9-1-2-11(15)10(7-9)12(18)8-3-5-13(16,17)6-4-8/h1-2,7-8,12H,3-6,18H2. The van der Waals surface area contributed by atoms with Gasteiger partial charge in [0.2, 0.25) is 5.92 Å². The average molecular weight is 294 g/mol. The summed E-state index contributed by atoms with van der Waals surface area (Å²) in [4.78, 5) is 0. The first-order valence-electron chi connectivity index (χ1n) is 5.97. The molecule has 1 atom stereocenters. The van der Waals surface area contributed by atoms with Gasteiger partial charge in [-0.05, 0) is 42.5 Å². The van der Waals surface area contributed by atoms with E-state index in [1.54, 1.807) is 18.2 Å². The lowest BCUT2D eigenvalue weighted by Gasteiger charge is -2.32. The quantitative estimate of drug-likeness (QED) is 0.831. The molecule has 2 N–H and O–H groups in total. The molecule has 0 spiro atoms. The molecular weight excluding hydrogens is 279 g/mol. The molecule has 2 rings (SSSR count). The predicted molar refractivity (Wildman–Crippen MR) is 70.3 cm³/mol. The van der Waals surface area contributed by atoms with E-state index in [1.165, 1.54) is 0 Å². The molecule has 1 aliphatic carbocycles. The molecule has 1 saturated carbocycles. The number of alkyl halides is 2. The Bertz CT molecular complexity index is 427. The second-order valence-electron chi connectivity index (χ2n) is 4.88. The van der Waals surface area contributed by atoms with Gasteiger partial charge in [0.15, 0.2) is 0 Å². The largest absolute Gasteiger partial charge is 0.324 e. The van der Waals surface area contributed by atoms with Gasteiger partial charge in [-0.1, -0.05) is 23.2 Å². The zero-order valence-corrected chi connectivity index (χ0v) is 11.3. The van der Waals surface area contributed by atoms with Crippen molar-refractivity contribution in [3.8, 4) is 0 Å². The fourth-order valence-corrected chi connectivity index (χ4v) is 2.87. The lowest BCUT2D eigenvalue weighted by Crippen LogP contribution is -2.31. The van der Waals surface area contributed by atoms with Gasteiger partial charge in [-0.3, -0.25) is 0 Å². The van der Waals surface area contributed by atoms with Crippen molar-refractivity contribution in [2.45, 2.75) is 37.6 Å². The van der Waals surface area contributed by atoms with Gasteiger partial charge in [0, 0.05) is 28.9 Å². The monoisotopic (exact) mass is 293 g/mol. The van der Waals surface area contributed by atoms with Crippen molar-refractivity contribution in [2.24, 2.45) is 11.7 Å². The van der Waals surface area contributed by atoms with E-state index in [1.807, 2.05) is 0 Å². The lowest BCUT2D eigenvalue weighted by atomic mass is 9.80. The van der Waals surface area contributed by atoms with Gasteiger partial charge >= 0.3 is 0 Å². The van der Waals surface area contributed by atoms with E-state index in [2.05, 4.69) is 0 Å². The van der Waals surface area contributed by atoms with Gasteiger partial charge in [-0.25, -0.2) is 8.78 Å². The Morgan fingerprint density at radius 3 is 2.44 bits per heavy atom. The van der Waals surface area contributed by atoms with Crippen molar-refractivity contribution in [1.29, 1.82) is 0 Å². The minimum absolute atomic E-state index is 0.0422. The first-order valence-corrected chi connectivity index (χ1v) is 6.73. The second kappa shape index (κ2) is 5.32. The van der Waals surface area contributed by atoms with E-state index in [4.69, 9.17) is 28.9 Å². The van der Waals surface area contributed by atoms with Crippen molar-refractivity contribution in [1.82, 2.24) is 0 Å². The molecule has 0 amide bonds. The summed E-state index contributed by atoms with van der Waals surface area (Å²) in [5, 5.41) is 1.11. The fraction of sp³-hybridized carbons (Fsp3) is 0.538. The summed E-state index contributed by atoms with van der Waals surface area (Å²) in [5.74, 6) is -2.49. The van der Waals surface area contributed by atoms with Crippen molar-refractivity contribution in [2.75, 3.05) is 0 Å². The third kappa shape index (κ3) is 3.14. The zero-order valence-electron chi connectivity index (χ0n) is 9.80. The van der Waals surface area contributed by atoms with Crippen molar-refractivity contribution < 1.29 is 8.78 Å². The number of halogens is 4. The van der Waals surface area contributed by atoms with Crippen LogP contribution in [0.4, 0.5) is 8.78 Å². The van der Waals surface area contributed by atoms with Crippen molar-refractivity contribution >= 4 is 23.2 Å². The van der Waals surface area contributed by atoms with Crippen LogP contribution in [0.3, 0.4) is 0 Å². The van der Waals surface area contributed by atoms with Crippen LogP contribution in [0.1, 0.15) is 37.3 Å². The smallest absolute Gasteiger partial charge is 0.248 e. The minimum Gasteiger partial charge on any atom is -0.324 e. The van der Waals surface area contributed by atoms with Gasteiger partial charge in [-0.2, -0.15) is 0 Å². The van der Waals surface area contributed by atoms with Crippen LogP contribution in [-0.2, 0) is 0 Å². The summed E-state index contributed by atoms with van der Waals surface area (Å²) in [6, 6.07) is 4.78. The molecule has 0 bridgehead atoms. The molecule has 1 aromatic rings. The Balaban J connectivity index is 2.12. The summed E-state index contributed by atoms with van der Waals surface area (Å²) in [6.45, 7) is 0. The number of hydrogen-bond donors (Lipinski definition) is 1. The highest BCUT2D eigenvalue weighted by Crippen LogP contribution is 2.41. The van der Waals surface area contributed by atoms with E-state index in [-0.39, 0.29) is 24.8 Å². The van der Waals surface area contributed by atoms with Gasteiger partial charge in [0.05, 0.1) is 0 Å². The van der Waals surface area contributed by atoms with E-state index in [9.17, 15) is 8.78 Å². The van der Waals surface area contributed by atoms with Gasteiger partial charge in [0.1, 0.15) is 0 Å². The number of nitrogens with two attached hydrogens (primary N) is 1. The molecule has 1 unspecified atom stereocenters. The minimum atomic E-state index is -2.53. The van der Waals surface area contributed by atoms with Crippen LogP contribution in [0.15, 0.2) is 18.2 Å². The summed E-state index contributed by atoms with van der Waals surface area (Å²) >= 11 is 12.0. The molecule has 5 heteroatoms. The SMILES string of the molecule is NC(c1cc(Cl)ccc1Cl)C1CCC(F)(F)CC1. The maximum atomic E-state index is 13.1. The Hall–Kier alpha value is -0.380. The maximum Gasteiger partial charge on any atom is 0.248 e. The van der Waals surface area contributed by atoms with E-state index < -0.39 is 5.92 Å². The first kappa shape index (κ1) is 14.0. The molecule has 0 aromatic heterocycles. The molecule has 1 aliphatic rings. The predicted octanol–water partition coefficient (Wildman–Crippen LogP) is 4.82. The summed E-state index contributed by atoms with van der Waals surface area (Å²) in [5.41, 5.74) is 6.89.